The van der Waals surface area contributed by atoms with Crippen molar-refractivity contribution >= 4 is 16.6 Å². The highest BCUT2D eigenvalue weighted by atomic mass is 15.2. The molecule has 1 aromatic carbocycles. The molecule has 0 radical (unpaired) electrons. The van der Waals surface area contributed by atoms with Crippen molar-refractivity contribution in [2.24, 2.45) is 7.05 Å². The molecule has 0 spiro atoms. The van der Waals surface area contributed by atoms with Gasteiger partial charge in [0, 0.05) is 43.8 Å². The summed E-state index contributed by atoms with van der Waals surface area (Å²) >= 11 is 0. The Bertz CT molecular complexity index is 552. The van der Waals surface area contributed by atoms with Crippen molar-refractivity contribution in [1.82, 2.24) is 9.88 Å². The number of hydrogen-bond acceptors (Lipinski definition) is 2. The smallest absolute Gasteiger partial charge is 0.0623 e. The molecule has 1 aliphatic rings. The summed E-state index contributed by atoms with van der Waals surface area (Å²) in [5, 5.41) is 4.98. The fourth-order valence-corrected chi connectivity index (χ4v) is 3.13. The van der Waals surface area contributed by atoms with E-state index in [4.69, 9.17) is 0 Å². The van der Waals surface area contributed by atoms with Crippen molar-refractivity contribution in [2.75, 3.05) is 25.0 Å². The van der Waals surface area contributed by atoms with Gasteiger partial charge in [0.05, 0.1) is 5.69 Å². The average molecular weight is 257 g/mol. The zero-order valence-corrected chi connectivity index (χ0v) is 11.9. The van der Waals surface area contributed by atoms with Crippen molar-refractivity contribution < 1.29 is 0 Å². The van der Waals surface area contributed by atoms with Crippen LogP contribution in [-0.2, 0) is 7.05 Å². The molecule has 19 heavy (non-hydrogen) atoms. The molecule has 1 aromatic heterocycles. The van der Waals surface area contributed by atoms with Gasteiger partial charge in [-0.25, -0.2) is 0 Å². The van der Waals surface area contributed by atoms with E-state index in [9.17, 15) is 0 Å². The minimum Gasteiger partial charge on any atom is -0.371 e. The van der Waals surface area contributed by atoms with E-state index in [1.165, 1.54) is 42.4 Å². The topological polar surface area (TPSA) is 20.2 Å². The number of hydrogen-bond donors (Lipinski definition) is 1. The van der Waals surface area contributed by atoms with Crippen LogP contribution in [0.4, 0.5) is 5.69 Å². The summed E-state index contributed by atoms with van der Waals surface area (Å²) in [5.41, 5.74) is 2.64. The first kappa shape index (κ1) is 12.5. The molecule has 1 atom stereocenters. The summed E-state index contributed by atoms with van der Waals surface area (Å²) in [7, 11) is 4.33. The molecule has 1 unspecified atom stereocenters. The Balaban J connectivity index is 1.82. The highest BCUT2D eigenvalue weighted by Gasteiger charge is 2.17. The Morgan fingerprint density at radius 2 is 2.16 bits per heavy atom. The molecule has 1 fully saturated rings. The second-order valence-corrected chi connectivity index (χ2v) is 5.67. The van der Waals surface area contributed by atoms with Crippen molar-refractivity contribution in [2.45, 2.75) is 25.3 Å². The van der Waals surface area contributed by atoms with Crippen LogP contribution in [0.1, 0.15) is 19.3 Å². The summed E-state index contributed by atoms with van der Waals surface area (Å²) in [6, 6.07) is 9.27. The van der Waals surface area contributed by atoms with Gasteiger partial charge in [-0.05, 0) is 25.5 Å². The molecule has 1 saturated heterocycles. The number of rotatable bonds is 3. The van der Waals surface area contributed by atoms with E-state index in [-0.39, 0.29) is 0 Å². The number of piperidine rings is 1. The Morgan fingerprint density at radius 3 is 2.95 bits per heavy atom. The zero-order chi connectivity index (χ0) is 13.2. The number of nitrogens with zero attached hydrogens (tertiary/aromatic N) is 2. The number of aryl methyl sites for hydroxylation is 1. The van der Waals surface area contributed by atoms with Gasteiger partial charge in [0.25, 0.3) is 0 Å². The molecule has 2 aromatic rings. The van der Waals surface area contributed by atoms with E-state index >= 15 is 0 Å². The Labute approximate surface area is 115 Å². The van der Waals surface area contributed by atoms with Crippen molar-refractivity contribution in [1.29, 1.82) is 0 Å². The van der Waals surface area contributed by atoms with Gasteiger partial charge in [-0.15, -0.1) is 0 Å². The average Bonchev–Trinajstić information content (AvgIpc) is 2.78. The molecule has 0 aliphatic carbocycles. The van der Waals surface area contributed by atoms with Gasteiger partial charge in [0.1, 0.15) is 0 Å². The third kappa shape index (κ3) is 2.47. The number of likely N-dealkylation sites (N-methyl/N-ethyl adjacent to an activating group) is 1. The van der Waals surface area contributed by atoms with Crippen LogP contribution >= 0.6 is 0 Å². The fourth-order valence-electron chi connectivity index (χ4n) is 3.13. The lowest BCUT2D eigenvalue weighted by molar-refractivity contribution is 0.403. The van der Waals surface area contributed by atoms with E-state index in [0.717, 1.165) is 6.54 Å². The maximum atomic E-state index is 3.63. The van der Waals surface area contributed by atoms with Gasteiger partial charge in [0.2, 0.25) is 0 Å². The van der Waals surface area contributed by atoms with Crippen LogP contribution in [0.3, 0.4) is 0 Å². The fraction of sp³-hybridized carbons (Fsp3) is 0.500. The van der Waals surface area contributed by atoms with Crippen LogP contribution in [0.5, 0.6) is 0 Å². The number of benzene rings is 1. The lowest BCUT2D eigenvalue weighted by Gasteiger charge is -2.29. The Hall–Kier alpha value is -1.48. The second-order valence-electron chi connectivity index (χ2n) is 5.67. The molecule has 1 N–H and O–H groups in total. The highest BCUT2D eigenvalue weighted by Crippen LogP contribution is 2.28. The molecule has 2 heterocycles. The number of para-hydroxylation sites is 1. The summed E-state index contributed by atoms with van der Waals surface area (Å²) in [6.45, 7) is 2.27. The van der Waals surface area contributed by atoms with Crippen molar-refractivity contribution in [3.05, 3.63) is 30.5 Å². The number of fused-ring (bicyclic) bond motifs is 1. The summed E-state index contributed by atoms with van der Waals surface area (Å²) in [4.78, 5) is 2.39. The first-order chi connectivity index (χ1) is 9.25. The third-order valence-corrected chi connectivity index (χ3v) is 4.19. The predicted molar refractivity (Wildman–Crippen MR) is 81.8 cm³/mol. The molecule has 0 bridgehead atoms. The standard InChI is InChI=1S/C16H23N3/c1-18(11-13-7-5-6-10-17-13)16-12-19(2)15-9-4-3-8-14(15)16/h3-4,8-9,12-13,17H,5-7,10-11H2,1-2H3. The van der Waals surface area contributed by atoms with Crippen LogP contribution in [0, 0.1) is 0 Å². The predicted octanol–water partition coefficient (Wildman–Crippen LogP) is 2.76. The Morgan fingerprint density at radius 1 is 1.32 bits per heavy atom. The maximum absolute atomic E-state index is 3.63. The molecule has 1 aliphatic heterocycles. The minimum absolute atomic E-state index is 0.637. The maximum Gasteiger partial charge on any atom is 0.0623 e. The molecular weight excluding hydrogens is 234 g/mol. The SMILES string of the molecule is CN(CC1CCCCN1)c1cn(C)c2ccccc12. The van der Waals surface area contributed by atoms with E-state index in [2.05, 4.69) is 59.3 Å². The van der Waals surface area contributed by atoms with Gasteiger partial charge in [0.15, 0.2) is 0 Å². The highest BCUT2D eigenvalue weighted by molar-refractivity contribution is 5.93. The second kappa shape index (κ2) is 5.25. The molecule has 102 valence electrons. The summed E-state index contributed by atoms with van der Waals surface area (Å²) < 4.78 is 2.22. The molecular formula is C16H23N3. The summed E-state index contributed by atoms with van der Waals surface area (Å²) in [5.74, 6) is 0. The summed E-state index contributed by atoms with van der Waals surface area (Å²) in [6.07, 6.45) is 6.23. The van der Waals surface area contributed by atoms with Gasteiger partial charge >= 0.3 is 0 Å². The molecule has 3 rings (SSSR count). The largest absolute Gasteiger partial charge is 0.371 e. The number of nitrogens with one attached hydrogen (secondary N) is 1. The minimum atomic E-state index is 0.637. The number of anilines is 1. The Kier molecular flexibility index (Phi) is 3.47. The van der Waals surface area contributed by atoms with Crippen LogP contribution in [0.2, 0.25) is 0 Å². The van der Waals surface area contributed by atoms with Gasteiger partial charge in [-0.2, -0.15) is 0 Å². The monoisotopic (exact) mass is 257 g/mol. The molecule has 0 saturated carbocycles. The molecule has 3 heteroatoms. The normalized spacial score (nSPS) is 19.8. The van der Waals surface area contributed by atoms with Crippen LogP contribution in [-0.4, -0.2) is 30.7 Å². The first-order valence-corrected chi connectivity index (χ1v) is 7.24. The lowest BCUT2D eigenvalue weighted by atomic mass is 10.0. The third-order valence-electron chi connectivity index (χ3n) is 4.19. The van der Waals surface area contributed by atoms with Crippen LogP contribution < -0.4 is 10.2 Å². The van der Waals surface area contributed by atoms with Crippen molar-refractivity contribution in [3.8, 4) is 0 Å². The first-order valence-electron chi connectivity index (χ1n) is 7.24. The van der Waals surface area contributed by atoms with E-state index in [1.54, 1.807) is 0 Å². The van der Waals surface area contributed by atoms with Gasteiger partial charge in [-0.3, -0.25) is 0 Å². The number of aromatic nitrogens is 1. The van der Waals surface area contributed by atoms with E-state index < -0.39 is 0 Å². The van der Waals surface area contributed by atoms with Crippen LogP contribution in [0.25, 0.3) is 10.9 Å². The van der Waals surface area contributed by atoms with Crippen molar-refractivity contribution in [3.63, 3.8) is 0 Å². The van der Waals surface area contributed by atoms with E-state index in [1.807, 2.05) is 0 Å². The van der Waals surface area contributed by atoms with Gasteiger partial charge < -0.3 is 14.8 Å². The van der Waals surface area contributed by atoms with E-state index in [0.29, 0.717) is 6.04 Å². The quantitative estimate of drug-likeness (QED) is 0.912. The van der Waals surface area contributed by atoms with Gasteiger partial charge in [-0.1, -0.05) is 24.6 Å². The molecule has 3 nitrogen and oxygen atoms in total. The molecule has 0 amide bonds. The zero-order valence-electron chi connectivity index (χ0n) is 11.9. The van der Waals surface area contributed by atoms with Crippen LogP contribution in [0.15, 0.2) is 30.5 Å². The lowest BCUT2D eigenvalue weighted by Crippen LogP contribution is -2.42.